The zero-order valence-corrected chi connectivity index (χ0v) is 12.2. The molecule has 0 aliphatic carbocycles. The average Bonchev–Trinajstić information content (AvgIpc) is 2.35. The predicted molar refractivity (Wildman–Crippen MR) is 69.1 cm³/mol. The summed E-state index contributed by atoms with van der Waals surface area (Å²) in [5.74, 6) is 0. The van der Waals surface area contributed by atoms with Crippen molar-refractivity contribution in [2.45, 2.75) is 26.0 Å². The van der Waals surface area contributed by atoms with E-state index in [4.69, 9.17) is 4.74 Å². The van der Waals surface area contributed by atoms with Crippen LogP contribution in [0.15, 0.2) is 30.3 Å². The van der Waals surface area contributed by atoms with Gasteiger partial charge < -0.3 is 27.2 Å². The van der Waals surface area contributed by atoms with Crippen LogP contribution in [0.5, 0.6) is 0 Å². The van der Waals surface area contributed by atoms with Crippen molar-refractivity contribution in [2.75, 3.05) is 26.8 Å². The standard InChI is InChI=1S/C14H23NO2.ClH/c1-12(2)15(3)9-10-17-11-14(16)13-7-5-4-6-8-13;/h4-8,12,14,16H,9-11H2,1-3H3;1H. The van der Waals surface area contributed by atoms with E-state index in [-0.39, 0.29) is 12.4 Å². The van der Waals surface area contributed by atoms with Gasteiger partial charge in [-0.2, -0.15) is 0 Å². The predicted octanol–water partition coefficient (Wildman–Crippen LogP) is -2.34. The van der Waals surface area contributed by atoms with E-state index in [1.807, 2.05) is 30.3 Å². The first-order valence-corrected chi connectivity index (χ1v) is 6.24. The van der Waals surface area contributed by atoms with E-state index in [1.165, 1.54) is 4.90 Å². The molecule has 0 amide bonds. The van der Waals surface area contributed by atoms with Crippen LogP contribution in [0.1, 0.15) is 25.5 Å². The highest BCUT2D eigenvalue weighted by atomic mass is 35.5. The number of likely N-dealkylation sites (N-methyl/N-ethyl adjacent to an activating group) is 1. The molecule has 0 spiro atoms. The van der Waals surface area contributed by atoms with Gasteiger partial charge in [-0.05, 0) is 19.4 Å². The minimum Gasteiger partial charge on any atom is -1.00 e. The molecule has 0 heterocycles. The van der Waals surface area contributed by atoms with E-state index in [2.05, 4.69) is 20.9 Å². The molecule has 104 valence electrons. The normalized spacial score (nSPS) is 14.1. The molecule has 2 N–H and O–H groups in total. The van der Waals surface area contributed by atoms with E-state index in [0.29, 0.717) is 19.3 Å². The first-order chi connectivity index (χ1) is 8.11. The van der Waals surface area contributed by atoms with E-state index < -0.39 is 6.10 Å². The number of hydrogen-bond donors (Lipinski definition) is 2. The lowest BCUT2D eigenvalue weighted by molar-refractivity contribution is -0.902. The second kappa shape index (κ2) is 9.34. The fourth-order valence-corrected chi connectivity index (χ4v) is 1.49. The monoisotopic (exact) mass is 273 g/mol. The van der Waals surface area contributed by atoms with Gasteiger partial charge in [-0.25, -0.2) is 0 Å². The topological polar surface area (TPSA) is 33.9 Å². The van der Waals surface area contributed by atoms with Gasteiger partial charge >= 0.3 is 0 Å². The summed E-state index contributed by atoms with van der Waals surface area (Å²) in [5, 5.41) is 9.86. The lowest BCUT2D eigenvalue weighted by Gasteiger charge is -2.18. The van der Waals surface area contributed by atoms with Gasteiger partial charge in [0.15, 0.2) is 0 Å². The largest absolute Gasteiger partial charge is 1.00 e. The summed E-state index contributed by atoms with van der Waals surface area (Å²) in [6.45, 7) is 6.41. The van der Waals surface area contributed by atoms with Gasteiger partial charge in [-0.3, -0.25) is 0 Å². The molecule has 2 unspecified atom stereocenters. The first kappa shape index (κ1) is 17.4. The molecule has 0 saturated heterocycles. The van der Waals surface area contributed by atoms with Crippen molar-refractivity contribution in [1.29, 1.82) is 0 Å². The quantitative estimate of drug-likeness (QED) is 0.546. The number of benzene rings is 1. The summed E-state index contributed by atoms with van der Waals surface area (Å²) in [6.07, 6.45) is -0.518. The molecular formula is C14H24ClNO2. The molecule has 3 nitrogen and oxygen atoms in total. The molecule has 0 aliphatic rings. The van der Waals surface area contributed by atoms with E-state index in [9.17, 15) is 5.11 Å². The van der Waals surface area contributed by atoms with Crippen LogP contribution in [-0.2, 0) is 4.74 Å². The van der Waals surface area contributed by atoms with Crippen LogP contribution in [-0.4, -0.2) is 38.0 Å². The molecule has 0 fully saturated rings. The molecule has 0 radical (unpaired) electrons. The number of quaternary nitrogens is 1. The maximum absolute atomic E-state index is 9.86. The van der Waals surface area contributed by atoms with Gasteiger partial charge in [0.1, 0.15) is 12.6 Å². The highest BCUT2D eigenvalue weighted by Crippen LogP contribution is 2.11. The summed E-state index contributed by atoms with van der Waals surface area (Å²) < 4.78 is 5.50. The van der Waals surface area contributed by atoms with Crippen molar-refractivity contribution in [2.24, 2.45) is 0 Å². The average molecular weight is 274 g/mol. The fourth-order valence-electron chi connectivity index (χ4n) is 1.49. The Labute approximate surface area is 116 Å². The van der Waals surface area contributed by atoms with Crippen LogP contribution in [0.4, 0.5) is 0 Å². The smallest absolute Gasteiger partial charge is 0.102 e. The van der Waals surface area contributed by atoms with E-state index in [1.54, 1.807) is 0 Å². The second-order valence-electron chi connectivity index (χ2n) is 4.75. The van der Waals surface area contributed by atoms with Gasteiger partial charge in [0.25, 0.3) is 0 Å². The van der Waals surface area contributed by atoms with Crippen LogP contribution < -0.4 is 17.3 Å². The molecule has 1 aromatic rings. The highest BCUT2D eigenvalue weighted by molar-refractivity contribution is 5.17. The van der Waals surface area contributed by atoms with Gasteiger partial charge in [-0.15, -0.1) is 0 Å². The number of rotatable bonds is 7. The van der Waals surface area contributed by atoms with Gasteiger partial charge in [-0.1, -0.05) is 30.3 Å². The van der Waals surface area contributed by atoms with Gasteiger partial charge in [0.05, 0.1) is 26.3 Å². The molecule has 0 bridgehead atoms. The van der Waals surface area contributed by atoms with E-state index in [0.717, 1.165) is 12.1 Å². The molecule has 1 aromatic carbocycles. The SMILES string of the molecule is CC(C)[NH+](C)CCOCC(O)c1ccccc1.[Cl-]. The summed E-state index contributed by atoms with van der Waals surface area (Å²) in [4.78, 5) is 1.44. The van der Waals surface area contributed by atoms with Crippen LogP contribution in [0, 0.1) is 0 Å². The summed E-state index contributed by atoms with van der Waals surface area (Å²) >= 11 is 0. The third kappa shape index (κ3) is 6.36. The zero-order chi connectivity index (χ0) is 12.7. The molecule has 2 atom stereocenters. The molecule has 1 rings (SSSR count). The first-order valence-electron chi connectivity index (χ1n) is 6.24. The van der Waals surface area contributed by atoms with Crippen LogP contribution in [0.25, 0.3) is 0 Å². The Morgan fingerprint density at radius 1 is 1.22 bits per heavy atom. The number of ether oxygens (including phenoxy) is 1. The van der Waals surface area contributed by atoms with Gasteiger partial charge in [0, 0.05) is 0 Å². The van der Waals surface area contributed by atoms with Crippen LogP contribution in [0.2, 0.25) is 0 Å². The Morgan fingerprint density at radius 2 is 1.83 bits per heavy atom. The van der Waals surface area contributed by atoms with Crippen LogP contribution in [0.3, 0.4) is 0 Å². The Morgan fingerprint density at radius 3 is 2.39 bits per heavy atom. The molecule has 0 saturated carbocycles. The van der Waals surface area contributed by atoms with Crippen molar-refractivity contribution < 1.29 is 27.2 Å². The molecule has 0 aromatic heterocycles. The molecule has 18 heavy (non-hydrogen) atoms. The number of aliphatic hydroxyl groups excluding tert-OH is 1. The maximum atomic E-state index is 9.86. The maximum Gasteiger partial charge on any atom is 0.102 e. The van der Waals surface area contributed by atoms with Crippen molar-refractivity contribution in [3.05, 3.63) is 35.9 Å². The van der Waals surface area contributed by atoms with Gasteiger partial charge in [0.2, 0.25) is 0 Å². The summed E-state index contributed by atoms with van der Waals surface area (Å²) in [7, 11) is 2.15. The van der Waals surface area contributed by atoms with E-state index >= 15 is 0 Å². The summed E-state index contributed by atoms with van der Waals surface area (Å²) in [5.41, 5.74) is 0.914. The summed E-state index contributed by atoms with van der Waals surface area (Å²) in [6, 6.07) is 10.2. The highest BCUT2D eigenvalue weighted by Gasteiger charge is 2.09. The Bertz CT molecular complexity index is 306. The van der Waals surface area contributed by atoms with Crippen molar-refractivity contribution in [3.63, 3.8) is 0 Å². The Balaban J connectivity index is 0.00000289. The van der Waals surface area contributed by atoms with Crippen LogP contribution >= 0.6 is 0 Å². The lowest BCUT2D eigenvalue weighted by atomic mass is 10.1. The van der Waals surface area contributed by atoms with Crippen molar-refractivity contribution in [1.82, 2.24) is 0 Å². The van der Waals surface area contributed by atoms with Crippen molar-refractivity contribution in [3.8, 4) is 0 Å². The molecule has 4 heteroatoms. The molecule has 0 aliphatic heterocycles. The number of nitrogens with one attached hydrogen (secondary N) is 1. The third-order valence-electron chi connectivity index (χ3n) is 3.09. The third-order valence-corrected chi connectivity index (χ3v) is 3.09. The zero-order valence-electron chi connectivity index (χ0n) is 11.4. The number of aliphatic hydroxyl groups is 1. The fraction of sp³-hybridized carbons (Fsp3) is 0.571. The lowest BCUT2D eigenvalue weighted by Crippen LogP contribution is -3.12. The minimum absolute atomic E-state index is 0. The second-order valence-corrected chi connectivity index (χ2v) is 4.75. The number of halogens is 1. The Kier molecular flexibility index (Phi) is 9.02. The Hall–Kier alpha value is -0.610. The minimum atomic E-state index is -0.518. The number of hydrogen-bond acceptors (Lipinski definition) is 2. The van der Waals surface area contributed by atoms with Crippen molar-refractivity contribution >= 4 is 0 Å². The molecular weight excluding hydrogens is 250 g/mol.